The predicted octanol–water partition coefficient (Wildman–Crippen LogP) is 6.13. The average Bonchev–Trinajstić information content (AvgIpc) is 2.77. The maximum absolute atomic E-state index is 13.1. The summed E-state index contributed by atoms with van der Waals surface area (Å²) in [6, 6.07) is 25.4. The summed E-state index contributed by atoms with van der Waals surface area (Å²) in [6.07, 6.45) is 0. The van der Waals surface area contributed by atoms with Crippen LogP contribution in [-0.2, 0) is 0 Å². The van der Waals surface area contributed by atoms with Crippen molar-refractivity contribution >= 4 is 38.5 Å². The van der Waals surface area contributed by atoms with E-state index < -0.39 is 0 Å². The number of rotatable bonds is 4. The first-order chi connectivity index (χ1) is 14.5. The van der Waals surface area contributed by atoms with Crippen molar-refractivity contribution in [3.05, 3.63) is 100 Å². The molecule has 30 heavy (non-hydrogen) atoms. The maximum Gasteiger partial charge on any atom is 0.272 e. The van der Waals surface area contributed by atoms with Crippen LogP contribution in [0.1, 0.15) is 28.4 Å². The molecule has 0 aliphatic carbocycles. The van der Waals surface area contributed by atoms with E-state index in [1.807, 2.05) is 92.7 Å². The minimum atomic E-state index is -0.262. The summed E-state index contributed by atoms with van der Waals surface area (Å²) < 4.78 is 0.996. The fourth-order valence-corrected chi connectivity index (χ4v) is 3.50. The number of halogens is 1. The molecule has 5 heteroatoms. The van der Waals surface area contributed by atoms with Crippen LogP contribution in [0, 0.1) is 6.92 Å². The molecule has 4 nitrogen and oxygen atoms in total. The summed E-state index contributed by atoms with van der Waals surface area (Å²) in [6.45, 7) is 3.87. The lowest BCUT2D eigenvalue weighted by atomic mass is 10.0. The molecule has 0 atom stereocenters. The van der Waals surface area contributed by atoms with Gasteiger partial charge in [0.05, 0.1) is 22.5 Å². The lowest BCUT2D eigenvalue weighted by Gasteiger charge is -2.10. The molecule has 0 radical (unpaired) electrons. The predicted molar refractivity (Wildman–Crippen MR) is 126 cm³/mol. The van der Waals surface area contributed by atoms with Gasteiger partial charge in [0.2, 0.25) is 0 Å². The van der Waals surface area contributed by atoms with E-state index in [4.69, 9.17) is 4.98 Å². The van der Waals surface area contributed by atoms with E-state index in [2.05, 4.69) is 26.5 Å². The van der Waals surface area contributed by atoms with Gasteiger partial charge in [0, 0.05) is 15.4 Å². The van der Waals surface area contributed by atoms with Gasteiger partial charge in [0.25, 0.3) is 5.91 Å². The Morgan fingerprint density at radius 3 is 2.43 bits per heavy atom. The molecule has 148 valence electrons. The number of aromatic nitrogens is 1. The number of pyridine rings is 1. The van der Waals surface area contributed by atoms with Crippen LogP contribution < -0.4 is 5.43 Å². The van der Waals surface area contributed by atoms with E-state index in [9.17, 15) is 4.79 Å². The maximum atomic E-state index is 13.1. The first kappa shape index (κ1) is 20.0. The second-order valence-corrected chi connectivity index (χ2v) is 8.00. The smallest absolute Gasteiger partial charge is 0.267 e. The third kappa shape index (κ3) is 4.31. The Morgan fingerprint density at radius 1 is 0.967 bits per heavy atom. The van der Waals surface area contributed by atoms with Crippen LogP contribution in [0.4, 0.5) is 0 Å². The zero-order valence-electron chi connectivity index (χ0n) is 16.7. The highest BCUT2D eigenvalue weighted by molar-refractivity contribution is 9.10. The Labute approximate surface area is 183 Å². The van der Waals surface area contributed by atoms with Crippen molar-refractivity contribution in [2.24, 2.45) is 5.10 Å². The van der Waals surface area contributed by atoms with E-state index in [1.54, 1.807) is 0 Å². The number of hydrazone groups is 1. The fraction of sp³-hybridized carbons (Fsp3) is 0.0800. The van der Waals surface area contributed by atoms with Crippen molar-refractivity contribution in [3.63, 3.8) is 0 Å². The number of fused-ring (bicyclic) bond motifs is 1. The summed E-state index contributed by atoms with van der Waals surface area (Å²) >= 11 is 3.43. The minimum absolute atomic E-state index is 0.262. The van der Waals surface area contributed by atoms with E-state index in [0.29, 0.717) is 5.56 Å². The summed E-state index contributed by atoms with van der Waals surface area (Å²) in [7, 11) is 0. The van der Waals surface area contributed by atoms with E-state index in [1.165, 1.54) is 0 Å². The molecule has 1 aromatic heterocycles. The third-order valence-corrected chi connectivity index (χ3v) is 5.39. The number of nitrogens with one attached hydrogen (secondary N) is 1. The molecule has 1 heterocycles. The van der Waals surface area contributed by atoms with E-state index in [-0.39, 0.29) is 5.91 Å². The molecule has 3 aromatic carbocycles. The molecule has 0 saturated heterocycles. The van der Waals surface area contributed by atoms with Gasteiger partial charge in [0.1, 0.15) is 0 Å². The quantitative estimate of drug-likeness (QED) is 0.296. The summed E-state index contributed by atoms with van der Waals surface area (Å²) in [5.41, 5.74) is 8.50. The molecule has 1 N–H and O–H groups in total. The molecule has 4 rings (SSSR count). The highest BCUT2D eigenvalue weighted by atomic mass is 79.9. The highest BCUT2D eigenvalue weighted by Crippen LogP contribution is 2.25. The number of benzene rings is 3. The van der Waals surface area contributed by atoms with Gasteiger partial charge >= 0.3 is 0 Å². The minimum Gasteiger partial charge on any atom is -0.267 e. The standard InChI is InChI=1S/C25H20BrN3O/c1-16-8-13-23-21(14-16)22(15-24(27-23)19-6-4-3-5-7-19)25(30)29-28-17(2)18-9-11-20(26)12-10-18/h3-15H,1-2H3,(H,29,30). The molecular weight excluding hydrogens is 438 g/mol. The van der Waals surface area contributed by atoms with Crippen molar-refractivity contribution in [2.45, 2.75) is 13.8 Å². The van der Waals surface area contributed by atoms with Gasteiger partial charge in [0.15, 0.2) is 0 Å². The number of aryl methyl sites for hydroxylation is 1. The summed E-state index contributed by atoms with van der Waals surface area (Å²) in [5, 5.41) is 5.12. The molecule has 0 spiro atoms. The van der Waals surface area contributed by atoms with Gasteiger partial charge < -0.3 is 0 Å². The van der Waals surface area contributed by atoms with Crippen LogP contribution in [-0.4, -0.2) is 16.6 Å². The van der Waals surface area contributed by atoms with Crippen LogP contribution in [0.2, 0.25) is 0 Å². The normalized spacial score (nSPS) is 11.5. The third-order valence-electron chi connectivity index (χ3n) is 4.87. The lowest BCUT2D eigenvalue weighted by molar-refractivity contribution is 0.0956. The Balaban J connectivity index is 1.72. The Bertz CT molecular complexity index is 1250. The Hall–Kier alpha value is -3.31. The second kappa shape index (κ2) is 8.59. The van der Waals surface area contributed by atoms with Crippen molar-refractivity contribution < 1.29 is 4.79 Å². The van der Waals surface area contributed by atoms with Crippen molar-refractivity contribution in [3.8, 4) is 11.3 Å². The van der Waals surface area contributed by atoms with Crippen LogP contribution in [0.15, 0.2) is 88.4 Å². The SMILES string of the molecule is CC(=NNC(=O)c1cc(-c2ccccc2)nc2ccc(C)cc12)c1ccc(Br)cc1. The molecule has 0 unspecified atom stereocenters. The van der Waals surface area contributed by atoms with Crippen LogP contribution >= 0.6 is 15.9 Å². The molecular formula is C25H20BrN3O. The summed E-state index contributed by atoms with van der Waals surface area (Å²) in [5.74, 6) is -0.262. The zero-order chi connectivity index (χ0) is 21.1. The van der Waals surface area contributed by atoms with Crippen molar-refractivity contribution in [1.82, 2.24) is 10.4 Å². The summed E-state index contributed by atoms with van der Waals surface area (Å²) in [4.78, 5) is 17.9. The number of amides is 1. The monoisotopic (exact) mass is 457 g/mol. The number of hydrogen-bond acceptors (Lipinski definition) is 3. The second-order valence-electron chi connectivity index (χ2n) is 7.09. The van der Waals surface area contributed by atoms with Gasteiger partial charge in [-0.3, -0.25) is 4.79 Å². The first-order valence-electron chi connectivity index (χ1n) is 9.58. The van der Waals surface area contributed by atoms with Crippen LogP contribution in [0.3, 0.4) is 0 Å². The Kier molecular flexibility index (Phi) is 5.72. The Morgan fingerprint density at radius 2 is 1.70 bits per heavy atom. The number of nitrogens with zero attached hydrogens (tertiary/aromatic N) is 2. The molecule has 0 fully saturated rings. The van der Waals surface area contributed by atoms with Crippen molar-refractivity contribution in [1.29, 1.82) is 0 Å². The van der Waals surface area contributed by atoms with E-state index >= 15 is 0 Å². The highest BCUT2D eigenvalue weighted by Gasteiger charge is 2.14. The van der Waals surface area contributed by atoms with Crippen LogP contribution in [0.5, 0.6) is 0 Å². The average molecular weight is 458 g/mol. The number of carbonyl (C=O) groups excluding carboxylic acids is 1. The largest absolute Gasteiger partial charge is 0.272 e. The van der Waals surface area contributed by atoms with Gasteiger partial charge in [-0.05, 0) is 49.7 Å². The van der Waals surface area contributed by atoms with E-state index in [0.717, 1.165) is 43.5 Å². The fourth-order valence-electron chi connectivity index (χ4n) is 3.23. The van der Waals surface area contributed by atoms with Gasteiger partial charge in [-0.25, -0.2) is 10.4 Å². The van der Waals surface area contributed by atoms with Crippen LogP contribution in [0.25, 0.3) is 22.2 Å². The molecule has 0 bridgehead atoms. The van der Waals surface area contributed by atoms with Crippen molar-refractivity contribution in [2.75, 3.05) is 0 Å². The molecule has 0 aliphatic heterocycles. The topological polar surface area (TPSA) is 54.4 Å². The lowest BCUT2D eigenvalue weighted by Crippen LogP contribution is -2.20. The molecule has 0 saturated carbocycles. The first-order valence-corrected chi connectivity index (χ1v) is 10.4. The molecule has 4 aromatic rings. The number of hydrogen-bond donors (Lipinski definition) is 1. The molecule has 0 aliphatic rings. The van der Waals surface area contributed by atoms with Gasteiger partial charge in [-0.2, -0.15) is 5.10 Å². The number of carbonyl (C=O) groups is 1. The van der Waals surface area contributed by atoms with Gasteiger partial charge in [-0.15, -0.1) is 0 Å². The van der Waals surface area contributed by atoms with Gasteiger partial charge in [-0.1, -0.05) is 70.0 Å². The zero-order valence-corrected chi connectivity index (χ0v) is 18.3. The molecule has 1 amide bonds.